The molecule has 0 aliphatic heterocycles. The van der Waals surface area contributed by atoms with Gasteiger partial charge in [0.05, 0.1) is 13.2 Å². The number of rotatable bonds is 4. The Morgan fingerprint density at radius 3 is 2.45 bits per heavy atom. The lowest BCUT2D eigenvalue weighted by molar-refractivity contribution is 0.413. The fraction of sp³-hybridized carbons (Fsp3) is 0.263. The van der Waals surface area contributed by atoms with E-state index in [1.165, 1.54) is 11.1 Å². The first-order valence-corrected chi connectivity index (χ1v) is 7.56. The topological polar surface area (TPSA) is 38.7 Å². The summed E-state index contributed by atoms with van der Waals surface area (Å²) < 4.78 is 5.52. The fourth-order valence-electron chi connectivity index (χ4n) is 3.14. The highest BCUT2D eigenvalue weighted by atomic mass is 16.5. The number of nitrogens with zero attached hydrogens (tertiary/aromatic N) is 1. The predicted molar refractivity (Wildman–Crippen MR) is 89.7 cm³/mol. The zero-order valence-electron chi connectivity index (χ0n) is 12.7. The Labute approximate surface area is 130 Å². The van der Waals surface area contributed by atoms with Gasteiger partial charge < -0.3 is 4.74 Å². The van der Waals surface area contributed by atoms with Crippen LogP contribution in [-0.2, 0) is 0 Å². The summed E-state index contributed by atoms with van der Waals surface area (Å²) >= 11 is 0. The average molecular weight is 293 g/mol. The van der Waals surface area contributed by atoms with Crippen molar-refractivity contribution in [3.05, 3.63) is 70.6 Å². The van der Waals surface area contributed by atoms with Gasteiger partial charge >= 0.3 is 0 Å². The zero-order chi connectivity index (χ0) is 15.4. The van der Waals surface area contributed by atoms with E-state index in [1.54, 1.807) is 7.11 Å². The Morgan fingerprint density at radius 1 is 1.00 bits per heavy atom. The van der Waals surface area contributed by atoms with Crippen molar-refractivity contribution in [3.8, 4) is 5.75 Å². The van der Waals surface area contributed by atoms with Crippen LogP contribution < -0.4 is 4.74 Å². The normalized spacial score (nSPS) is 18.1. The minimum atomic E-state index is -0.131. The molecule has 1 aliphatic carbocycles. The maximum absolute atomic E-state index is 11.0. The average Bonchev–Trinajstić information content (AvgIpc) is 2.62. The molecule has 1 aliphatic rings. The van der Waals surface area contributed by atoms with Crippen LogP contribution in [0.15, 0.2) is 59.8 Å². The van der Waals surface area contributed by atoms with Crippen molar-refractivity contribution in [2.45, 2.75) is 25.3 Å². The molecule has 0 fully saturated rings. The van der Waals surface area contributed by atoms with Crippen LogP contribution in [0.25, 0.3) is 11.1 Å². The monoisotopic (exact) mass is 293 g/mol. The molecule has 0 radical (unpaired) electrons. The van der Waals surface area contributed by atoms with Crippen molar-refractivity contribution in [1.29, 1.82) is 0 Å². The first-order chi connectivity index (χ1) is 10.8. The first-order valence-electron chi connectivity index (χ1n) is 7.56. The molecule has 0 saturated carbocycles. The molecular formula is C19H19NO2. The highest BCUT2D eigenvalue weighted by Crippen LogP contribution is 2.41. The van der Waals surface area contributed by atoms with Gasteiger partial charge in [0, 0.05) is 5.56 Å². The lowest BCUT2D eigenvalue weighted by atomic mass is 9.81. The largest absolute Gasteiger partial charge is 0.496 e. The minimum absolute atomic E-state index is 0.131. The standard InChI is InChI=1S/C19H19NO2/c1-22-19-10-6-5-9-17(19)16-12-11-15(20-21)13-18(16)14-7-3-2-4-8-14/h2-10,15H,11-13H2,1H3. The van der Waals surface area contributed by atoms with Gasteiger partial charge in [0.25, 0.3) is 0 Å². The summed E-state index contributed by atoms with van der Waals surface area (Å²) in [6.07, 6.45) is 2.34. The molecule has 0 amide bonds. The zero-order valence-corrected chi connectivity index (χ0v) is 12.7. The summed E-state index contributed by atoms with van der Waals surface area (Å²) in [7, 11) is 1.69. The summed E-state index contributed by atoms with van der Waals surface area (Å²) in [6.45, 7) is 0. The number of benzene rings is 2. The number of methoxy groups -OCH3 is 1. The van der Waals surface area contributed by atoms with Crippen LogP contribution in [0.1, 0.15) is 30.4 Å². The van der Waals surface area contributed by atoms with Crippen LogP contribution in [0.4, 0.5) is 0 Å². The molecule has 1 atom stereocenters. The first kappa shape index (κ1) is 14.5. The Balaban J connectivity index is 2.14. The number of para-hydroxylation sites is 1. The SMILES string of the molecule is COc1ccccc1C1=C(c2ccccc2)CC(N=O)CC1. The second-order valence-corrected chi connectivity index (χ2v) is 5.53. The molecule has 0 aromatic heterocycles. The van der Waals surface area contributed by atoms with Gasteiger partial charge in [-0.1, -0.05) is 53.7 Å². The van der Waals surface area contributed by atoms with Crippen LogP contribution in [-0.4, -0.2) is 13.2 Å². The third-order valence-corrected chi connectivity index (χ3v) is 4.24. The number of nitroso groups, excluding NO2 is 1. The molecule has 22 heavy (non-hydrogen) atoms. The van der Waals surface area contributed by atoms with E-state index >= 15 is 0 Å². The Kier molecular flexibility index (Phi) is 4.33. The lowest BCUT2D eigenvalue weighted by Gasteiger charge is -2.25. The van der Waals surface area contributed by atoms with Gasteiger partial charge in [-0.05, 0) is 42.0 Å². The van der Waals surface area contributed by atoms with Gasteiger partial charge in [0.15, 0.2) is 0 Å². The van der Waals surface area contributed by atoms with Gasteiger partial charge in [0.2, 0.25) is 0 Å². The van der Waals surface area contributed by atoms with Crippen molar-refractivity contribution in [2.24, 2.45) is 5.18 Å². The molecule has 2 aromatic rings. The number of hydrogen-bond donors (Lipinski definition) is 0. The van der Waals surface area contributed by atoms with Gasteiger partial charge in [-0.2, -0.15) is 4.91 Å². The molecular weight excluding hydrogens is 274 g/mol. The summed E-state index contributed by atoms with van der Waals surface area (Å²) in [5, 5.41) is 3.28. The van der Waals surface area contributed by atoms with Crippen LogP contribution in [0.2, 0.25) is 0 Å². The molecule has 0 N–H and O–H groups in total. The number of hydrogen-bond acceptors (Lipinski definition) is 3. The third-order valence-electron chi connectivity index (χ3n) is 4.24. The van der Waals surface area contributed by atoms with Crippen LogP contribution >= 0.6 is 0 Å². The molecule has 0 heterocycles. The van der Waals surface area contributed by atoms with Gasteiger partial charge in [0.1, 0.15) is 5.75 Å². The van der Waals surface area contributed by atoms with E-state index in [0.717, 1.165) is 29.7 Å². The quantitative estimate of drug-likeness (QED) is 0.750. The molecule has 112 valence electrons. The number of allylic oxidation sites excluding steroid dienone is 1. The summed E-state index contributed by atoms with van der Waals surface area (Å²) in [4.78, 5) is 11.0. The Morgan fingerprint density at radius 2 is 1.73 bits per heavy atom. The molecule has 3 heteroatoms. The lowest BCUT2D eigenvalue weighted by Crippen LogP contribution is -2.12. The van der Waals surface area contributed by atoms with E-state index in [4.69, 9.17) is 4.74 Å². The second kappa shape index (κ2) is 6.56. The molecule has 3 nitrogen and oxygen atoms in total. The Bertz CT molecular complexity index is 692. The smallest absolute Gasteiger partial charge is 0.126 e. The van der Waals surface area contributed by atoms with Crippen LogP contribution in [0.3, 0.4) is 0 Å². The maximum atomic E-state index is 11.0. The highest BCUT2D eigenvalue weighted by Gasteiger charge is 2.24. The summed E-state index contributed by atoms with van der Waals surface area (Å²) in [5.41, 5.74) is 4.76. The van der Waals surface area contributed by atoms with Crippen molar-refractivity contribution in [2.75, 3.05) is 7.11 Å². The van der Waals surface area contributed by atoms with Crippen molar-refractivity contribution in [3.63, 3.8) is 0 Å². The van der Waals surface area contributed by atoms with E-state index in [2.05, 4.69) is 23.4 Å². The van der Waals surface area contributed by atoms with Crippen molar-refractivity contribution >= 4 is 11.1 Å². The van der Waals surface area contributed by atoms with Crippen molar-refractivity contribution < 1.29 is 4.74 Å². The van der Waals surface area contributed by atoms with E-state index < -0.39 is 0 Å². The summed E-state index contributed by atoms with van der Waals surface area (Å²) in [6, 6.07) is 18.2. The van der Waals surface area contributed by atoms with E-state index in [0.29, 0.717) is 6.42 Å². The fourth-order valence-corrected chi connectivity index (χ4v) is 3.14. The van der Waals surface area contributed by atoms with E-state index in [-0.39, 0.29) is 6.04 Å². The second-order valence-electron chi connectivity index (χ2n) is 5.53. The maximum Gasteiger partial charge on any atom is 0.126 e. The molecule has 3 rings (SSSR count). The van der Waals surface area contributed by atoms with E-state index in [1.807, 2.05) is 36.4 Å². The molecule has 2 aromatic carbocycles. The predicted octanol–water partition coefficient (Wildman–Crippen LogP) is 4.92. The van der Waals surface area contributed by atoms with Gasteiger partial charge in [-0.15, -0.1) is 0 Å². The van der Waals surface area contributed by atoms with E-state index in [9.17, 15) is 4.91 Å². The molecule has 1 unspecified atom stereocenters. The summed E-state index contributed by atoms with van der Waals surface area (Å²) in [5.74, 6) is 0.878. The van der Waals surface area contributed by atoms with Crippen molar-refractivity contribution in [1.82, 2.24) is 0 Å². The van der Waals surface area contributed by atoms with Crippen LogP contribution in [0, 0.1) is 4.91 Å². The molecule has 0 bridgehead atoms. The highest BCUT2D eigenvalue weighted by molar-refractivity contribution is 5.93. The number of ether oxygens (including phenoxy) is 1. The van der Waals surface area contributed by atoms with Gasteiger partial charge in [-0.3, -0.25) is 0 Å². The Hall–Kier alpha value is -2.42. The third kappa shape index (κ3) is 2.80. The van der Waals surface area contributed by atoms with Gasteiger partial charge in [-0.25, -0.2) is 0 Å². The molecule has 0 saturated heterocycles. The molecule has 0 spiro atoms. The minimum Gasteiger partial charge on any atom is -0.496 e. The van der Waals surface area contributed by atoms with Crippen LogP contribution in [0.5, 0.6) is 5.75 Å².